The molecule has 3 rings (SSSR count). The summed E-state index contributed by atoms with van der Waals surface area (Å²) in [4.78, 5) is 7.17. The second-order valence-corrected chi connectivity index (χ2v) is 6.30. The maximum absolute atomic E-state index is 5.48. The summed E-state index contributed by atoms with van der Waals surface area (Å²) in [6.07, 6.45) is 6.88. The van der Waals surface area contributed by atoms with Gasteiger partial charge in [-0.2, -0.15) is 0 Å². The molecule has 0 bridgehead atoms. The van der Waals surface area contributed by atoms with Gasteiger partial charge in [0, 0.05) is 34.9 Å². The molecule has 0 aliphatic carbocycles. The minimum atomic E-state index is 0.617. The molecule has 0 amide bonds. The number of aromatic nitrogens is 1. The molecule has 4 heteroatoms. The zero-order valence-corrected chi connectivity index (χ0v) is 14.0. The van der Waals surface area contributed by atoms with Crippen molar-refractivity contribution in [3.05, 3.63) is 30.5 Å². The van der Waals surface area contributed by atoms with Gasteiger partial charge in [0.05, 0.1) is 7.11 Å². The van der Waals surface area contributed by atoms with E-state index in [9.17, 15) is 0 Å². The van der Waals surface area contributed by atoms with Gasteiger partial charge in [0.25, 0.3) is 0 Å². The van der Waals surface area contributed by atoms with E-state index in [0.29, 0.717) is 6.04 Å². The van der Waals surface area contributed by atoms with Crippen LogP contribution in [0, 0.1) is 0 Å². The van der Waals surface area contributed by atoms with E-state index in [-0.39, 0.29) is 0 Å². The first-order valence-corrected chi connectivity index (χ1v) is 8.71. The normalized spacial score (nSPS) is 18.4. The number of nitrogens with zero attached hydrogens (tertiary/aromatic N) is 2. The lowest BCUT2D eigenvalue weighted by molar-refractivity contribution is 0.420. The molecular formula is C17H21BrN2O. The zero-order valence-electron chi connectivity index (χ0n) is 12.4. The number of hydrogen-bond acceptors (Lipinski definition) is 3. The summed E-state index contributed by atoms with van der Waals surface area (Å²) < 4.78 is 5.48. The van der Waals surface area contributed by atoms with Crippen LogP contribution in [0.25, 0.3) is 10.8 Å². The van der Waals surface area contributed by atoms with Crippen molar-refractivity contribution < 1.29 is 4.74 Å². The number of hydrogen-bond donors (Lipinski definition) is 0. The lowest BCUT2D eigenvalue weighted by Gasteiger charge is -2.27. The van der Waals surface area contributed by atoms with Crippen molar-refractivity contribution in [3.8, 4) is 5.75 Å². The average Bonchev–Trinajstić information content (AvgIpc) is 2.99. The second kappa shape index (κ2) is 6.65. The molecule has 0 N–H and O–H groups in total. The van der Waals surface area contributed by atoms with Crippen LogP contribution < -0.4 is 9.64 Å². The molecular weight excluding hydrogens is 328 g/mol. The topological polar surface area (TPSA) is 25.4 Å². The van der Waals surface area contributed by atoms with Gasteiger partial charge in [0.1, 0.15) is 11.6 Å². The van der Waals surface area contributed by atoms with Crippen LogP contribution in [0.4, 0.5) is 5.82 Å². The molecule has 0 radical (unpaired) electrons. The summed E-state index contributed by atoms with van der Waals surface area (Å²) in [5, 5.41) is 3.42. The Bertz CT molecular complexity index is 617. The summed E-state index contributed by atoms with van der Waals surface area (Å²) >= 11 is 3.54. The molecule has 112 valence electrons. The first kappa shape index (κ1) is 14.6. The predicted octanol–water partition coefficient (Wildman–Crippen LogP) is 4.39. The van der Waals surface area contributed by atoms with Gasteiger partial charge in [-0.25, -0.2) is 4.98 Å². The molecule has 1 saturated heterocycles. The Hall–Kier alpha value is -1.29. The fourth-order valence-corrected chi connectivity index (χ4v) is 3.62. The summed E-state index contributed by atoms with van der Waals surface area (Å²) in [7, 11) is 1.73. The third kappa shape index (κ3) is 2.86. The van der Waals surface area contributed by atoms with Crippen LogP contribution in [-0.2, 0) is 0 Å². The van der Waals surface area contributed by atoms with Crippen molar-refractivity contribution in [3.63, 3.8) is 0 Å². The van der Waals surface area contributed by atoms with Crippen molar-refractivity contribution in [2.75, 3.05) is 23.9 Å². The van der Waals surface area contributed by atoms with Crippen LogP contribution in [0.1, 0.15) is 25.7 Å². The highest BCUT2D eigenvalue weighted by atomic mass is 79.9. The smallest absolute Gasteiger partial charge is 0.136 e. The Kier molecular flexibility index (Phi) is 4.63. The van der Waals surface area contributed by atoms with E-state index in [0.717, 1.165) is 28.8 Å². The van der Waals surface area contributed by atoms with E-state index in [2.05, 4.69) is 37.9 Å². The largest absolute Gasteiger partial charge is 0.496 e. The Balaban J connectivity index is 2.00. The molecule has 0 saturated carbocycles. The lowest BCUT2D eigenvalue weighted by Crippen LogP contribution is -2.30. The van der Waals surface area contributed by atoms with Crippen LogP contribution in [0.3, 0.4) is 0 Å². The fourth-order valence-electron chi connectivity index (χ4n) is 3.30. The van der Waals surface area contributed by atoms with Gasteiger partial charge in [-0.3, -0.25) is 0 Å². The number of ether oxygens (including phenoxy) is 1. The summed E-state index contributed by atoms with van der Waals surface area (Å²) in [6, 6.07) is 8.88. The number of fused-ring (bicyclic) bond motifs is 1. The van der Waals surface area contributed by atoms with Gasteiger partial charge >= 0.3 is 0 Å². The molecule has 1 aromatic heterocycles. The van der Waals surface area contributed by atoms with Crippen LogP contribution in [0.2, 0.25) is 0 Å². The molecule has 1 unspecified atom stereocenters. The minimum absolute atomic E-state index is 0.617. The van der Waals surface area contributed by atoms with Crippen molar-refractivity contribution >= 4 is 32.5 Å². The first-order valence-electron chi connectivity index (χ1n) is 7.59. The van der Waals surface area contributed by atoms with E-state index in [1.807, 2.05) is 18.3 Å². The molecule has 2 heterocycles. The number of halogens is 1. The summed E-state index contributed by atoms with van der Waals surface area (Å²) in [5.74, 6) is 2.04. The molecule has 1 aliphatic heterocycles. The number of anilines is 1. The highest BCUT2D eigenvalue weighted by molar-refractivity contribution is 9.09. The van der Waals surface area contributed by atoms with Gasteiger partial charge in [0.2, 0.25) is 0 Å². The van der Waals surface area contributed by atoms with Gasteiger partial charge in [-0.05, 0) is 37.8 Å². The van der Waals surface area contributed by atoms with Crippen LogP contribution in [-0.4, -0.2) is 30.0 Å². The molecule has 1 aliphatic rings. The van der Waals surface area contributed by atoms with E-state index in [1.54, 1.807) is 7.11 Å². The third-order valence-corrected chi connectivity index (χ3v) is 4.85. The highest BCUT2D eigenvalue weighted by Gasteiger charge is 2.26. The highest BCUT2D eigenvalue weighted by Crippen LogP contribution is 2.35. The number of methoxy groups -OCH3 is 1. The number of benzene rings is 1. The maximum Gasteiger partial charge on any atom is 0.136 e. The van der Waals surface area contributed by atoms with Gasteiger partial charge in [0.15, 0.2) is 0 Å². The first-order chi connectivity index (χ1) is 10.3. The quantitative estimate of drug-likeness (QED) is 0.749. The van der Waals surface area contributed by atoms with Crippen LogP contribution in [0.15, 0.2) is 30.5 Å². The van der Waals surface area contributed by atoms with Gasteiger partial charge in [-0.1, -0.05) is 28.1 Å². The van der Waals surface area contributed by atoms with Crippen molar-refractivity contribution in [2.24, 2.45) is 0 Å². The molecule has 1 fully saturated rings. The monoisotopic (exact) mass is 348 g/mol. The minimum Gasteiger partial charge on any atom is -0.496 e. The molecule has 2 aromatic rings. The van der Waals surface area contributed by atoms with Crippen molar-refractivity contribution in [1.82, 2.24) is 4.98 Å². The van der Waals surface area contributed by atoms with Gasteiger partial charge in [-0.15, -0.1) is 0 Å². The zero-order chi connectivity index (χ0) is 14.7. The third-order valence-electron chi connectivity index (χ3n) is 4.29. The standard InChI is InChI=1S/C17H21BrN2O/c1-21-16-8-2-7-15-14(16)9-11-19-17(15)20-12-4-6-13(20)5-3-10-18/h2,7-9,11,13H,3-6,10,12H2,1H3. The molecule has 21 heavy (non-hydrogen) atoms. The summed E-state index contributed by atoms with van der Waals surface area (Å²) in [5.41, 5.74) is 0. The summed E-state index contributed by atoms with van der Waals surface area (Å²) in [6.45, 7) is 1.11. The van der Waals surface area contributed by atoms with E-state index in [4.69, 9.17) is 4.74 Å². The van der Waals surface area contributed by atoms with Crippen LogP contribution >= 0.6 is 15.9 Å². The predicted molar refractivity (Wildman–Crippen MR) is 91.7 cm³/mol. The van der Waals surface area contributed by atoms with E-state index in [1.165, 1.54) is 31.1 Å². The van der Waals surface area contributed by atoms with E-state index < -0.39 is 0 Å². The molecule has 1 aromatic carbocycles. The van der Waals surface area contributed by atoms with E-state index >= 15 is 0 Å². The number of alkyl halides is 1. The Morgan fingerprint density at radius 2 is 2.24 bits per heavy atom. The fraction of sp³-hybridized carbons (Fsp3) is 0.471. The lowest BCUT2D eigenvalue weighted by atomic mass is 10.1. The number of rotatable bonds is 5. The maximum atomic E-state index is 5.48. The van der Waals surface area contributed by atoms with Crippen molar-refractivity contribution in [2.45, 2.75) is 31.7 Å². The van der Waals surface area contributed by atoms with Gasteiger partial charge < -0.3 is 9.64 Å². The Labute approximate surface area is 134 Å². The van der Waals surface area contributed by atoms with Crippen LogP contribution in [0.5, 0.6) is 5.75 Å². The second-order valence-electron chi connectivity index (χ2n) is 5.51. The van der Waals surface area contributed by atoms with Crippen molar-refractivity contribution in [1.29, 1.82) is 0 Å². The Morgan fingerprint density at radius 3 is 3.05 bits per heavy atom. The average molecular weight is 349 g/mol. The molecule has 0 spiro atoms. The SMILES string of the molecule is COc1cccc2c(N3CCCC3CCCBr)nccc12. The number of pyridine rings is 1. The molecule has 1 atom stereocenters. The Morgan fingerprint density at radius 1 is 1.33 bits per heavy atom. The molecule has 3 nitrogen and oxygen atoms in total.